The van der Waals surface area contributed by atoms with E-state index in [2.05, 4.69) is 5.10 Å². The SMILES string of the molecule is CC(C)(C)C(N)C(=O)Cc1ccn(C2CCCC2)n1. The molecule has 4 nitrogen and oxygen atoms in total. The lowest BCUT2D eigenvalue weighted by Gasteiger charge is -2.25. The number of nitrogens with zero attached hydrogens (tertiary/aromatic N) is 2. The molecular formula is C15H25N3O. The van der Waals surface area contributed by atoms with Crippen molar-refractivity contribution in [2.24, 2.45) is 11.1 Å². The third kappa shape index (κ3) is 3.44. The van der Waals surface area contributed by atoms with Gasteiger partial charge in [0.15, 0.2) is 5.78 Å². The molecule has 2 rings (SSSR count). The fourth-order valence-corrected chi connectivity index (χ4v) is 2.62. The lowest BCUT2D eigenvalue weighted by molar-refractivity contribution is -0.121. The van der Waals surface area contributed by atoms with E-state index in [-0.39, 0.29) is 11.2 Å². The minimum absolute atomic E-state index is 0.0733. The van der Waals surface area contributed by atoms with Crippen LogP contribution in [0.4, 0.5) is 0 Å². The summed E-state index contributed by atoms with van der Waals surface area (Å²) in [6, 6.07) is 2.05. The zero-order valence-corrected chi connectivity index (χ0v) is 12.2. The molecular weight excluding hydrogens is 238 g/mol. The second-order valence-electron chi connectivity index (χ2n) is 6.71. The van der Waals surface area contributed by atoms with Crippen LogP contribution in [0.2, 0.25) is 0 Å². The van der Waals surface area contributed by atoms with Gasteiger partial charge in [-0.25, -0.2) is 0 Å². The number of hydrogen-bond acceptors (Lipinski definition) is 3. The van der Waals surface area contributed by atoms with Gasteiger partial charge in [-0.1, -0.05) is 33.6 Å². The Morgan fingerprint density at radius 3 is 2.68 bits per heavy atom. The second-order valence-corrected chi connectivity index (χ2v) is 6.71. The van der Waals surface area contributed by atoms with Crippen LogP contribution in [0.1, 0.15) is 58.2 Å². The van der Waals surface area contributed by atoms with Crippen LogP contribution in [0.5, 0.6) is 0 Å². The average molecular weight is 263 g/mol. The molecule has 0 spiro atoms. The first-order valence-corrected chi connectivity index (χ1v) is 7.20. The van der Waals surface area contributed by atoms with E-state index in [1.807, 2.05) is 37.7 Å². The van der Waals surface area contributed by atoms with Gasteiger partial charge in [-0.05, 0) is 24.3 Å². The van der Waals surface area contributed by atoms with Gasteiger partial charge in [0.1, 0.15) is 0 Å². The minimum atomic E-state index is -0.427. The molecule has 4 heteroatoms. The Kier molecular flexibility index (Phi) is 4.09. The maximum atomic E-state index is 12.1. The van der Waals surface area contributed by atoms with Crippen molar-refractivity contribution in [1.82, 2.24) is 9.78 Å². The smallest absolute Gasteiger partial charge is 0.156 e. The monoisotopic (exact) mass is 263 g/mol. The first-order valence-electron chi connectivity index (χ1n) is 7.20. The lowest BCUT2D eigenvalue weighted by Crippen LogP contribution is -2.43. The van der Waals surface area contributed by atoms with Crippen LogP contribution >= 0.6 is 0 Å². The number of aromatic nitrogens is 2. The Labute approximate surface area is 115 Å². The van der Waals surface area contributed by atoms with Gasteiger partial charge in [-0.15, -0.1) is 0 Å². The van der Waals surface area contributed by atoms with Gasteiger partial charge in [0.2, 0.25) is 0 Å². The summed E-state index contributed by atoms with van der Waals surface area (Å²) in [4.78, 5) is 12.1. The molecule has 0 saturated heterocycles. The molecule has 1 aromatic rings. The predicted molar refractivity (Wildman–Crippen MR) is 75.9 cm³/mol. The number of ketones is 1. The van der Waals surface area contributed by atoms with E-state index in [1.165, 1.54) is 25.7 Å². The molecule has 0 radical (unpaired) electrons. The zero-order chi connectivity index (χ0) is 14.0. The number of carbonyl (C=O) groups is 1. The fourth-order valence-electron chi connectivity index (χ4n) is 2.62. The summed E-state index contributed by atoms with van der Waals surface area (Å²) in [5.74, 6) is 0.0733. The highest BCUT2D eigenvalue weighted by molar-refractivity contribution is 5.86. The number of Topliss-reactive ketones (excluding diaryl/α,β-unsaturated/α-hetero) is 1. The molecule has 2 N–H and O–H groups in total. The molecule has 1 fully saturated rings. The predicted octanol–water partition coefficient (Wildman–Crippen LogP) is 2.48. The van der Waals surface area contributed by atoms with Crippen LogP contribution in [0.3, 0.4) is 0 Å². The van der Waals surface area contributed by atoms with Gasteiger partial charge in [0.25, 0.3) is 0 Å². The average Bonchev–Trinajstić information content (AvgIpc) is 2.95. The van der Waals surface area contributed by atoms with Crippen molar-refractivity contribution in [1.29, 1.82) is 0 Å². The molecule has 0 aliphatic heterocycles. The topological polar surface area (TPSA) is 60.9 Å². The second kappa shape index (κ2) is 5.45. The van der Waals surface area contributed by atoms with E-state index in [4.69, 9.17) is 5.73 Å². The molecule has 1 aliphatic carbocycles. The van der Waals surface area contributed by atoms with E-state index in [9.17, 15) is 4.79 Å². The maximum absolute atomic E-state index is 12.1. The van der Waals surface area contributed by atoms with Gasteiger partial charge in [-0.2, -0.15) is 5.10 Å². The van der Waals surface area contributed by atoms with Gasteiger partial charge in [-0.3, -0.25) is 9.48 Å². The third-order valence-corrected chi connectivity index (χ3v) is 4.00. The van der Waals surface area contributed by atoms with Crippen molar-refractivity contribution < 1.29 is 4.79 Å². The Bertz CT molecular complexity index is 438. The van der Waals surface area contributed by atoms with Crippen molar-refractivity contribution >= 4 is 5.78 Å². The van der Waals surface area contributed by atoms with Gasteiger partial charge in [0.05, 0.1) is 24.2 Å². The van der Waals surface area contributed by atoms with Crippen LogP contribution in [0.25, 0.3) is 0 Å². The van der Waals surface area contributed by atoms with Crippen LogP contribution in [0, 0.1) is 5.41 Å². The van der Waals surface area contributed by atoms with Crippen LogP contribution in [-0.2, 0) is 11.2 Å². The number of hydrogen-bond donors (Lipinski definition) is 1. The summed E-state index contributed by atoms with van der Waals surface area (Å²) in [6.07, 6.45) is 7.33. The molecule has 0 aromatic carbocycles. The van der Waals surface area contributed by atoms with Gasteiger partial charge in [0, 0.05) is 6.20 Å². The molecule has 1 aromatic heterocycles. The summed E-state index contributed by atoms with van der Waals surface area (Å²) in [5.41, 5.74) is 6.64. The molecule has 0 bridgehead atoms. The van der Waals surface area contributed by atoms with E-state index >= 15 is 0 Å². The largest absolute Gasteiger partial charge is 0.321 e. The number of rotatable bonds is 4. The van der Waals surface area contributed by atoms with Crippen LogP contribution in [-0.4, -0.2) is 21.6 Å². The first-order chi connectivity index (χ1) is 8.88. The summed E-state index contributed by atoms with van der Waals surface area (Å²) in [6.45, 7) is 5.98. The number of nitrogens with two attached hydrogens (primary N) is 1. The summed E-state index contributed by atoms with van der Waals surface area (Å²) in [7, 11) is 0. The van der Waals surface area contributed by atoms with Crippen LogP contribution in [0.15, 0.2) is 12.3 Å². The minimum Gasteiger partial charge on any atom is -0.321 e. The quantitative estimate of drug-likeness (QED) is 0.907. The molecule has 1 unspecified atom stereocenters. The highest BCUT2D eigenvalue weighted by Gasteiger charge is 2.28. The fraction of sp³-hybridized carbons (Fsp3) is 0.733. The van der Waals surface area contributed by atoms with E-state index < -0.39 is 6.04 Å². The van der Waals surface area contributed by atoms with Crippen molar-refractivity contribution in [3.8, 4) is 0 Å². The van der Waals surface area contributed by atoms with Crippen LogP contribution < -0.4 is 5.73 Å². The van der Waals surface area contributed by atoms with Gasteiger partial charge < -0.3 is 5.73 Å². The molecule has 1 aliphatic rings. The third-order valence-electron chi connectivity index (χ3n) is 4.00. The standard InChI is InChI=1S/C15H25N3O/c1-15(2,3)14(16)13(19)10-11-8-9-18(17-11)12-6-4-5-7-12/h8-9,12,14H,4-7,10,16H2,1-3H3. The van der Waals surface area contributed by atoms with E-state index in [0.717, 1.165) is 5.69 Å². The molecule has 1 heterocycles. The Hall–Kier alpha value is -1.16. The summed E-state index contributed by atoms with van der Waals surface area (Å²) < 4.78 is 2.03. The maximum Gasteiger partial charge on any atom is 0.156 e. The lowest BCUT2D eigenvalue weighted by atomic mass is 9.84. The zero-order valence-electron chi connectivity index (χ0n) is 12.2. The number of carbonyl (C=O) groups excluding carboxylic acids is 1. The molecule has 0 amide bonds. The van der Waals surface area contributed by atoms with Gasteiger partial charge >= 0.3 is 0 Å². The summed E-state index contributed by atoms with van der Waals surface area (Å²) in [5, 5.41) is 4.54. The highest BCUT2D eigenvalue weighted by Crippen LogP contribution is 2.28. The van der Waals surface area contributed by atoms with Crippen molar-refractivity contribution in [2.45, 2.75) is 65.0 Å². The molecule has 1 saturated carbocycles. The van der Waals surface area contributed by atoms with E-state index in [0.29, 0.717) is 12.5 Å². The van der Waals surface area contributed by atoms with Crippen molar-refractivity contribution in [3.63, 3.8) is 0 Å². The Morgan fingerprint density at radius 2 is 2.11 bits per heavy atom. The van der Waals surface area contributed by atoms with Crippen molar-refractivity contribution in [2.75, 3.05) is 0 Å². The molecule has 19 heavy (non-hydrogen) atoms. The van der Waals surface area contributed by atoms with Crippen molar-refractivity contribution in [3.05, 3.63) is 18.0 Å². The summed E-state index contributed by atoms with van der Waals surface area (Å²) >= 11 is 0. The molecule has 106 valence electrons. The molecule has 1 atom stereocenters. The normalized spacial score (nSPS) is 18.7. The highest BCUT2D eigenvalue weighted by atomic mass is 16.1. The first kappa shape index (κ1) is 14.3. The Balaban J connectivity index is 1.98. The van der Waals surface area contributed by atoms with E-state index in [1.54, 1.807) is 0 Å². The Morgan fingerprint density at radius 1 is 1.47 bits per heavy atom.